The van der Waals surface area contributed by atoms with Gasteiger partial charge in [-0.2, -0.15) is 0 Å². The van der Waals surface area contributed by atoms with Crippen molar-refractivity contribution in [3.63, 3.8) is 0 Å². The lowest BCUT2D eigenvalue weighted by Gasteiger charge is -2.08. The number of benzene rings is 2. The third-order valence-electron chi connectivity index (χ3n) is 3.10. The number of hydrogen-bond acceptors (Lipinski definition) is 3. The van der Waals surface area contributed by atoms with Gasteiger partial charge in [0, 0.05) is 17.9 Å². The van der Waals surface area contributed by atoms with Gasteiger partial charge in [0.25, 0.3) is 5.91 Å². The van der Waals surface area contributed by atoms with Gasteiger partial charge in [0.1, 0.15) is 0 Å². The maximum absolute atomic E-state index is 12.0. The Morgan fingerprint density at radius 1 is 1.15 bits per heavy atom. The molecule has 5 N–H and O–H groups in total. The Labute approximate surface area is 118 Å². The highest BCUT2D eigenvalue weighted by Gasteiger charge is 2.08. The molecule has 0 unspecified atom stereocenters. The second-order valence-corrected chi connectivity index (χ2v) is 4.84. The molecule has 0 saturated carbocycles. The van der Waals surface area contributed by atoms with E-state index in [9.17, 15) is 4.79 Å². The third kappa shape index (κ3) is 3.51. The van der Waals surface area contributed by atoms with E-state index in [1.807, 2.05) is 6.07 Å². The average molecular weight is 269 g/mol. The van der Waals surface area contributed by atoms with Crippen LogP contribution in [0.2, 0.25) is 0 Å². The largest absolute Gasteiger partial charge is 0.399 e. The highest BCUT2D eigenvalue weighted by atomic mass is 16.1. The first kappa shape index (κ1) is 13.9. The van der Waals surface area contributed by atoms with E-state index in [1.165, 1.54) is 11.1 Å². The van der Waals surface area contributed by atoms with Crippen LogP contribution < -0.4 is 16.8 Å². The zero-order valence-electron chi connectivity index (χ0n) is 11.5. The van der Waals surface area contributed by atoms with Gasteiger partial charge < -0.3 is 16.8 Å². The molecule has 4 nitrogen and oxygen atoms in total. The molecule has 0 atom stereocenters. The summed E-state index contributed by atoms with van der Waals surface area (Å²) in [4.78, 5) is 12.0. The Hall–Kier alpha value is -2.49. The minimum absolute atomic E-state index is 0.171. The number of carbonyl (C=O) groups excluding carboxylic acids is 1. The molecule has 4 heteroatoms. The van der Waals surface area contributed by atoms with E-state index in [0.717, 1.165) is 6.42 Å². The molecule has 104 valence electrons. The number of amides is 1. The van der Waals surface area contributed by atoms with Crippen molar-refractivity contribution in [3.8, 4) is 0 Å². The lowest BCUT2D eigenvalue weighted by molar-refractivity contribution is 0.0955. The summed E-state index contributed by atoms with van der Waals surface area (Å²) >= 11 is 0. The first-order chi connectivity index (χ1) is 9.56. The molecule has 0 radical (unpaired) electrons. The average Bonchev–Trinajstić information content (AvgIpc) is 2.38. The zero-order valence-corrected chi connectivity index (χ0v) is 11.5. The fourth-order valence-electron chi connectivity index (χ4n) is 2.07. The van der Waals surface area contributed by atoms with Crippen molar-refractivity contribution in [2.45, 2.75) is 13.3 Å². The van der Waals surface area contributed by atoms with Crippen LogP contribution in [-0.2, 0) is 6.42 Å². The zero-order chi connectivity index (χ0) is 14.5. The summed E-state index contributed by atoms with van der Waals surface area (Å²) in [5.41, 5.74) is 15.2. The van der Waals surface area contributed by atoms with Crippen molar-refractivity contribution in [1.29, 1.82) is 0 Å². The monoisotopic (exact) mass is 269 g/mol. The SMILES string of the molecule is Cc1cccc(CCNC(=O)c2ccc(N)cc2N)c1. The molecule has 0 fully saturated rings. The van der Waals surface area contributed by atoms with Gasteiger partial charge in [-0.05, 0) is 37.1 Å². The summed E-state index contributed by atoms with van der Waals surface area (Å²) in [6.07, 6.45) is 0.794. The minimum Gasteiger partial charge on any atom is -0.399 e. The summed E-state index contributed by atoms with van der Waals surface area (Å²) in [7, 11) is 0. The first-order valence-electron chi connectivity index (χ1n) is 6.55. The summed E-state index contributed by atoms with van der Waals surface area (Å²) in [6.45, 7) is 2.63. The quantitative estimate of drug-likeness (QED) is 0.744. The highest BCUT2D eigenvalue weighted by Crippen LogP contribution is 2.15. The number of nitrogen functional groups attached to an aromatic ring is 2. The van der Waals surface area contributed by atoms with Crippen molar-refractivity contribution in [1.82, 2.24) is 5.32 Å². The number of nitrogens with two attached hydrogens (primary N) is 2. The van der Waals surface area contributed by atoms with E-state index in [-0.39, 0.29) is 5.91 Å². The van der Waals surface area contributed by atoms with Gasteiger partial charge in [-0.3, -0.25) is 4.79 Å². The van der Waals surface area contributed by atoms with E-state index in [1.54, 1.807) is 18.2 Å². The molecule has 0 aliphatic heterocycles. The smallest absolute Gasteiger partial charge is 0.253 e. The molecular weight excluding hydrogens is 250 g/mol. The van der Waals surface area contributed by atoms with Gasteiger partial charge in [-0.25, -0.2) is 0 Å². The minimum atomic E-state index is -0.171. The molecule has 1 amide bonds. The van der Waals surface area contributed by atoms with E-state index in [4.69, 9.17) is 11.5 Å². The van der Waals surface area contributed by atoms with Crippen molar-refractivity contribution >= 4 is 17.3 Å². The normalized spacial score (nSPS) is 10.2. The Morgan fingerprint density at radius 2 is 1.95 bits per heavy atom. The Morgan fingerprint density at radius 3 is 2.65 bits per heavy atom. The Kier molecular flexibility index (Phi) is 4.25. The lowest BCUT2D eigenvalue weighted by Crippen LogP contribution is -2.26. The molecule has 0 bridgehead atoms. The van der Waals surface area contributed by atoms with Crippen LogP contribution in [0.4, 0.5) is 11.4 Å². The van der Waals surface area contributed by atoms with Gasteiger partial charge in [0.15, 0.2) is 0 Å². The number of aryl methyl sites for hydroxylation is 1. The molecule has 2 aromatic rings. The number of anilines is 2. The fourth-order valence-corrected chi connectivity index (χ4v) is 2.07. The number of carbonyl (C=O) groups is 1. The summed E-state index contributed by atoms with van der Waals surface area (Å²) < 4.78 is 0. The number of rotatable bonds is 4. The van der Waals surface area contributed by atoms with Gasteiger partial charge in [-0.1, -0.05) is 29.8 Å². The first-order valence-corrected chi connectivity index (χ1v) is 6.55. The van der Waals surface area contributed by atoms with Crippen molar-refractivity contribution in [2.24, 2.45) is 0 Å². The van der Waals surface area contributed by atoms with Crippen molar-refractivity contribution in [2.75, 3.05) is 18.0 Å². The Balaban J connectivity index is 1.92. The van der Waals surface area contributed by atoms with E-state index in [0.29, 0.717) is 23.5 Å². The van der Waals surface area contributed by atoms with Crippen molar-refractivity contribution < 1.29 is 4.79 Å². The fraction of sp³-hybridized carbons (Fsp3) is 0.188. The molecule has 2 aromatic carbocycles. The molecule has 0 heterocycles. The van der Waals surface area contributed by atoms with Crippen LogP contribution >= 0.6 is 0 Å². The standard InChI is InChI=1S/C16H19N3O/c1-11-3-2-4-12(9-11)7-8-19-16(20)14-6-5-13(17)10-15(14)18/h2-6,9-10H,7-8,17-18H2,1H3,(H,19,20). The third-order valence-corrected chi connectivity index (χ3v) is 3.10. The van der Waals surface area contributed by atoms with Crippen LogP contribution in [-0.4, -0.2) is 12.5 Å². The van der Waals surface area contributed by atoms with Gasteiger partial charge in [0.2, 0.25) is 0 Å². The predicted octanol–water partition coefficient (Wildman–Crippen LogP) is 2.13. The molecule has 2 rings (SSSR count). The Bertz CT molecular complexity index is 623. The summed E-state index contributed by atoms with van der Waals surface area (Å²) in [5.74, 6) is -0.171. The predicted molar refractivity (Wildman–Crippen MR) is 82.5 cm³/mol. The second-order valence-electron chi connectivity index (χ2n) is 4.84. The highest BCUT2D eigenvalue weighted by molar-refractivity contribution is 5.99. The summed E-state index contributed by atoms with van der Waals surface area (Å²) in [5, 5.41) is 2.87. The van der Waals surface area contributed by atoms with Gasteiger partial charge in [0.05, 0.1) is 5.56 Å². The number of nitrogens with one attached hydrogen (secondary N) is 1. The van der Waals surface area contributed by atoms with Crippen molar-refractivity contribution in [3.05, 3.63) is 59.2 Å². The maximum Gasteiger partial charge on any atom is 0.253 e. The molecule has 20 heavy (non-hydrogen) atoms. The van der Waals surface area contributed by atoms with Crippen LogP contribution in [0.5, 0.6) is 0 Å². The van der Waals surface area contributed by atoms with Crippen LogP contribution in [0.25, 0.3) is 0 Å². The molecule has 0 aromatic heterocycles. The number of hydrogen-bond donors (Lipinski definition) is 3. The van der Waals surface area contributed by atoms with E-state index < -0.39 is 0 Å². The molecular formula is C16H19N3O. The molecule has 0 aliphatic carbocycles. The molecule has 0 spiro atoms. The lowest BCUT2D eigenvalue weighted by atomic mass is 10.1. The van der Waals surface area contributed by atoms with Crippen LogP contribution in [0.1, 0.15) is 21.5 Å². The van der Waals surface area contributed by atoms with Gasteiger partial charge >= 0.3 is 0 Å². The topological polar surface area (TPSA) is 81.1 Å². The molecule has 0 aliphatic rings. The second kappa shape index (κ2) is 6.10. The molecule has 0 saturated heterocycles. The maximum atomic E-state index is 12.0. The van der Waals surface area contributed by atoms with Gasteiger partial charge in [-0.15, -0.1) is 0 Å². The van der Waals surface area contributed by atoms with Crippen LogP contribution in [0.15, 0.2) is 42.5 Å². The van der Waals surface area contributed by atoms with E-state index >= 15 is 0 Å². The van der Waals surface area contributed by atoms with E-state index in [2.05, 4.69) is 30.4 Å². The summed E-state index contributed by atoms with van der Waals surface area (Å²) in [6, 6.07) is 13.1. The van der Waals surface area contributed by atoms with Crippen LogP contribution in [0, 0.1) is 6.92 Å². The van der Waals surface area contributed by atoms with Crippen LogP contribution in [0.3, 0.4) is 0 Å².